The predicted molar refractivity (Wildman–Crippen MR) is 294 cm³/mol. The Hall–Kier alpha value is -8.92. The molecule has 70 heavy (non-hydrogen) atoms. The van der Waals surface area contributed by atoms with Gasteiger partial charge in [-0.05, 0) is 134 Å². The van der Waals surface area contributed by atoms with Crippen molar-refractivity contribution in [3.63, 3.8) is 0 Å². The summed E-state index contributed by atoms with van der Waals surface area (Å²) >= 11 is 0. The number of aromatic nitrogens is 1. The molecule has 0 amide bonds. The van der Waals surface area contributed by atoms with Crippen LogP contribution >= 0.6 is 0 Å². The average molecular weight is 895 g/mol. The maximum Gasteiger partial charge on any atom is 0.143 e. The zero-order valence-corrected chi connectivity index (χ0v) is 38.9. The van der Waals surface area contributed by atoms with Crippen LogP contribution in [0.2, 0.25) is 0 Å². The minimum Gasteiger partial charge on any atom is -0.455 e. The molecule has 2 heterocycles. The number of para-hydroxylation sites is 3. The number of hydrogen-bond acceptors (Lipinski definition) is 2. The van der Waals surface area contributed by atoms with E-state index in [4.69, 9.17) is 4.42 Å². The maximum absolute atomic E-state index is 6.96. The van der Waals surface area contributed by atoms with E-state index in [0.717, 1.165) is 72.2 Å². The van der Waals surface area contributed by atoms with E-state index in [1.165, 1.54) is 60.8 Å². The van der Waals surface area contributed by atoms with Gasteiger partial charge < -0.3 is 13.9 Å². The number of nitrogens with zero attached hydrogens (tertiary/aromatic N) is 2. The molecular formula is C67H46N2O. The number of benzene rings is 11. The summed E-state index contributed by atoms with van der Waals surface area (Å²) in [4.78, 5) is 2.41. The maximum atomic E-state index is 6.96. The molecule has 13 aromatic rings. The Kier molecular flexibility index (Phi) is 8.93. The lowest BCUT2D eigenvalue weighted by Gasteiger charge is -2.28. The lowest BCUT2D eigenvalue weighted by molar-refractivity contribution is 0.660. The quantitative estimate of drug-likeness (QED) is 0.159. The normalized spacial score (nSPS) is 12.8. The van der Waals surface area contributed by atoms with Gasteiger partial charge >= 0.3 is 0 Å². The number of furan rings is 1. The second kappa shape index (κ2) is 15.6. The Balaban J connectivity index is 0.930. The van der Waals surface area contributed by atoms with Crippen LogP contribution in [0.5, 0.6) is 0 Å². The molecule has 0 unspecified atom stereocenters. The van der Waals surface area contributed by atoms with Gasteiger partial charge in [-0.25, -0.2) is 0 Å². The smallest absolute Gasteiger partial charge is 0.143 e. The van der Waals surface area contributed by atoms with Gasteiger partial charge in [-0.3, -0.25) is 0 Å². The molecule has 0 saturated carbocycles. The molecule has 0 N–H and O–H groups in total. The van der Waals surface area contributed by atoms with Crippen molar-refractivity contribution < 1.29 is 4.42 Å². The van der Waals surface area contributed by atoms with E-state index < -0.39 is 0 Å². The van der Waals surface area contributed by atoms with Crippen LogP contribution in [0.15, 0.2) is 247 Å². The molecule has 2 aromatic heterocycles. The monoisotopic (exact) mass is 894 g/mol. The Labute approximate surface area is 406 Å². The van der Waals surface area contributed by atoms with Crippen molar-refractivity contribution in [1.29, 1.82) is 0 Å². The zero-order chi connectivity index (χ0) is 46.5. The van der Waals surface area contributed by atoms with Crippen LogP contribution < -0.4 is 4.90 Å². The third kappa shape index (κ3) is 6.15. The number of fused-ring (bicyclic) bond motifs is 11. The summed E-state index contributed by atoms with van der Waals surface area (Å²) in [5.74, 6) is 0. The summed E-state index contributed by atoms with van der Waals surface area (Å²) < 4.78 is 9.38. The molecule has 0 fully saturated rings. The number of hydrogen-bond donors (Lipinski definition) is 0. The van der Waals surface area contributed by atoms with Crippen molar-refractivity contribution >= 4 is 71.6 Å². The van der Waals surface area contributed by atoms with E-state index in [-0.39, 0.29) is 5.41 Å². The van der Waals surface area contributed by atoms with Gasteiger partial charge in [-0.2, -0.15) is 0 Å². The molecule has 3 heteroatoms. The predicted octanol–water partition coefficient (Wildman–Crippen LogP) is 18.6. The van der Waals surface area contributed by atoms with Crippen molar-refractivity contribution in [3.05, 3.63) is 254 Å². The summed E-state index contributed by atoms with van der Waals surface area (Å²) in [5, 5.41) is 6.93. The number of rotatable bonds is 7. The standard InChI is InChI=1S/C67H46N2O/c1-67(2)59-27-14-11-23-52(59)53-37-36-49(41-60(53)67)68(48-20-7-4-8-21-48)63-30-17-31-64-65(63)58-42-57(51-22-9-10-26-56(51)66(58)70-64)45-34-32-44(33-35-45)47-38-46(43-18-5-3-6-19-43)39-50(40-47)69-61-28-15-12-24-54(61)55-25-13-16-29-62(55)69/h3-42H,1-2H3. The van der Waals surface area contributed by atoms with Crippen molar-refractivity contribution in [2.24, 2.45) is 0 Å². The van der Waals surface area contributed by atoms with Crippen LogP contribution in [0, 0.1) is 0 Å². The Morgan fingerprint density at radius 2 is 0.957 bits per heavy atom. The van der Waals surface area contributed by atoms with E-state index in [9.17, 15) is 0 Å². The van der Waals surface area contributed by atoms with Gasteiger partial charge in [-0.15, -0.1) is 0 Å². The first-order valence-electron chi connectivity index (χ1n) is 24.2. The van der Waals surface area contributed by atoms with Crippen molar-refractivity contribution in [1.82, 2.24) is 4.57 Å². The van der Waals surface area contributed by atoms with Crippen LogP contribution in [0.1, 0.15) is 25.0 Å². The van der Waals surface area contributed by atoms with Crippen LogP contribution in [0.3, 0.4) is 0 Å². The molecule has 3 nitrogen and oxygen atoms in total. The highest BCUT2D eigenvalue weighted by atomic mass is 16.3. The Bertz CT molecular complexity index is 4140. The van der Waals surface area contributed by atoms with Gasteiger partial charge in [0.05, 0.1) is 22.1 Å². The molecule has 0 atom stereocenters. The molecule has 11 aromatic carbocycles. The first-order chi connectivity index (χ1) is 34.5. The van der Waals surface area contributed by atoms with Crippen molar-refractivity contribution in [2.45, 2.75) is 19.3 Å². The Morgan fingerprint density at radius 1 is 0.371 bits per heavy atom. The molecule has 0 spiro atoms. The van der Waals surface area contributed by atoms with Crippen molar-refractivity contribution in [3.8, 4) is 50.2 Å². The molecule has 0 bridgehead atoms. The van der Waals surface area contributed by atoms with E-state index in [2.05, 4.69) is 266 Å². The summed E-state index contributed by atoms with van der Waals surface area (Å²) in [6, 6.07) is 88.6. The highest BCUT2D eigenvalue weighted by molar-refractivity contribution is 6.22. The molecule has 0 radical (unpaired) electrons. The molecule has 0 aliphatic heterocycles. The fourth-order valence-corrected chi connectivity index (χ4v) is 11.6. The first-order valence-corrected chi connectivity index (χ1v) is 24.2. The van der Waals surface area contributed by atoms with Gasteiger partial charge in [0.1, 0.15) is 11.2 Å². The molecule has 1 aliphatic carbocycles. The third-order valence-electron chi connectivity index (χ3n) is 15.0. The van der Waals surface area contributed by atoms with Gasteiger partial charge in [0, 0.05) is 44.0 Å². The summed E-state index contributed by atoms with van der Waals surface area (Å²) in [5.41, 5.74) is 20.7. The SMILES string of the molecule is CC1(C)c2ccccc2-c2ccc(N(c3ccccc3)c3cccc4oc5c6ccccc6c(-c6ccc(-c7cc(-c8ccccc8)cc(-n8c9ccccc9c9ccccc98)c7)cc6)cc5c34)cc21. The van der Waals surface area contributed by atoms with Crippen molar-refractivity contribution in [2.75, 3.05) is 4.90 Å². The third-order valence-corrected chi connectivity index (χ3v) is 15.0. The number of anilines is 3. The van der Waals surface area contributed by atoms with Crippen LogP contribution in [-0.4, -0.2) is 4.57 Å². The molecular weight excluding hydrogens is 849 g/mol. The topological polar surface area (TPSA) is 21.3 Å². The van der Waals surface area contributed by atoms with Gasteiger partial charge in [0.15, 0.2) is 0 Å². The van der Waals surface area contributed by atoms with Crippen LogP contribution in [-0.2, 0) is 5.41 Å². The van der Waals surface area contributed by atoms with E-state index in [1.807, 2.05) is 0 Å². The average Bonchev–Trinajstić information content (AvgIpc) is 4.05. The molecule has 1 aliphatic rings. The largest absolute Gasteiger partial charge is 0.455 e. The highest BCUT2D eigenvalue weighted by Gasteiger charge is 2.36. The van der Waals surface area contributed by atoms with Gasteiger partial charge in [0.2, 0.25) is 0 Å². The van der Waals surface area contributed by atoms with Crippen LogP contribution in [0.4, 0.5) is 17.1 Å². The van der Waals surface area contributed by atoms with Crippen LogP contribution in [0.25, 0.3) is 105 Å². The van der Waals surface area contributed by atoms with E-state index in [1.54, 1.807) is 0 Å². The minimum absolute atomic E-state index is 0.138. The van der Waals surface area contributed by atoms with Gasteiger partial charge in [0.25, 0.3) is 0 Å². The molecule has 0 saturated heterocycles. The van der Waals surface area contributed by atoms with Gasteiger partial charge in [-0.1, -0.05) is 184 Å². The summed E-state index contributed by atoms with van der Waals surface area (Å²) in [7, 11) is 0. The second-order valence-electron chi connectivity index (χ2n) is 19.3. The molecule has 14 rings (SSSR count). The van der Waals surface area contributed by atoms with E-state index in [0.29, 0.717) is 0 Å². The summed E-state index contributed by atoms with van der Waals surface area (Å²) in [6.07, 6.45) is 0. The zero-order valence-electron chi connectivity index (χ0n) is 38.9. The second-order valence-corrected chi connectivity index (χ2v) is 19.3. The lowest BCUT2D eigenvalue weighted by atomic mass is 9.82. The Morgan fingerprint density at radius 3 is 1.69 bits per heavy atom. The fraction of sp³-hybridized carbons (Fsp3) is 0.0448. The lowest BCUT2D eigenvalue weighted by Crippen LogP contribution is -2.16. The van der Waals surface area contributed by atoms with E-state index >= 15 is 0 Å². The molecule has 330 valence electrons. The first kappa shape index (κ1) is 40.2. The summed E-state index contributed by atoms with van der Waals surface area (Å²) in [6.45, 7) is 4.70. The minimum atomic E-state index is -0.138. The highest BCUT2D eigenvalue weighted by Crippen LogP contribution is 2.52. The fourth-order valence-electron chi connectivity index (χ4n) is 11.6.